The standard InChI is InChI=1S/C13H17F3O3/c1-2-18-8-4-7-12(17)10-5-3-6-11(9-10)19-13(14,15)16/h3,5-6,9,12,17H,2,4,7-8H2,1H3. The van der Waals surface area contributed by atoms with E-state index in [1.165, 1.54) is 18.2 Å². The summed E-state index contributed by atoms with van der Waals surface area (Å²) in [6, 6.07) is 5.37. The van der Waals surface area contributed by atoms with E-state index >= 15 is 0 Å². The second-order valence-corrected chi connectivity index (χ2v) is 3.98. The van der Waals surface area contributed by atoms with Gasteiger partial charge in [0.1, 0.15) is 5.75 Å². The van der Waals surface area contributed by atoms with Gasteiger partial charge in [0, 0.05) is 13.2 Å². The molecule has 0 aliphatic rings. The van der Waals surface area contributed by atoms with Gasteiger partial charge in [0.15, 0.2) is 0 Å². The Morgan fingerprint density at radius 1 is 1.32 bits per heavy atom. The predicted octanol–water partition coefficient (Wildman–Crippen LogP) is 3.44. The van der Waals surface area contributed by atoms with Crippen LogP contribution in [0.25, 0.3) is 0 Å². The van der Waals surface area contributed by atoms with Crippen LogP contribution in [0.2, 0.25) is 0 Å². The van der Waals surface area contributed by atoms with Gasteiger partial charge in [-0.25, -0.2) is 0 Å². The molecule has 19 heavy (non-hydrogen) atoms. The van der Waals surface area contributed by atoms with Gasteiger partial charge >= 0.3 is 6.36 Å². The quantitative estimate of drug-likeness (QED) is 0.776. The first-order chi connectivity index (χ1) is 8.92. The zero-order valence-electron chi connectivity index (χ0n) is 10.6. The molecule has 0 aliphatic carbocycles. The third kappa shape index (κ3) is 6.45. The van der Waals surface area contributed by atoms with Crippen LogP contribution in [0.3, 0.4) is 0 Å². The van der Waals surface area contributed by atoms with Crippen LogP contribution in [-0.2, 0) is 4.74 Å². The molecule has 108 valence electrons. The van der Waals surface area contributed by atoms with Crippen LogP contribution in [-0.4, -0.2) is 24.7 Å². The summed E-state index contributed by atoms with van der Waals surface area (Å²) in [6.07, 6.45) is -4.48. The molecule has 0 aromatic heterocycles. The van der Waals surface area contributed by atoms with Crippen LogP contribution >= 0.6 is 0 Å². The molecule has 0 bridgehead atoms. The highest BCUT2D eigenvalue weighted by molar-refractivity contribution is 5.30. The minimum atomic E-state index is -4.72. The molecule has 0 radical (unpaired) electrons. The maximum atomic E-state index is 12.1. The van der Waals surface area contributed by atoms with E-state index in [-0.39, 0.29) is 5.75 Å². The zero-order chi connectivity index (χ0) is 14.3. The number of ether oxygens (including phenoxy) is 2. The number of halogens is 3. The topological polar surface area (TPSA) is 38.7 Å². The molecule has 1 aromatic carbocycles. The molecular formula is C13H17F3O3. The molecule has 0 saturated carbocycles. The number of hydrogen-bond donors (Lipinski definition) is 1. The van der Waals surface area contributed by atoms with Crippen molar-refractivity contribution in [2.24, 2.45) is 0 Å². The Hall–Kier alpha value is -1.27. The minimum absolute atomic E-state index is 0.325. The van der Waals surface area contributed by atoms with Gasteiger partial charge in [-0.1, -0.05) is 12.1 Å². The lowest BCUT2D eigenvalue weighted by Gasteiger charge is -2.13. The van der Waals surface area contributed by atoms with Crippen molar-refractivity contribution in [1.29, 1.82) is 0 Å². The molecule has 1 atom stereocenters. The lowest BCUT2D eigenvalue weighted by molar-refractivity contribution is -0.274. The second kappa shape index (κ2) is 7.35. The van der Waals surface area contributed by atoms with E-state index in [1.54, 1.807) is 6.07 Å². The van der Waals surface area contributed by atoms with Gasteiger partial charge in [0.05, 0.1) is 6.10 Å². The fraction of sp³-hybridized carbons (Fsp3) is 0.538. The Bertz CT molecular complexity index is 380. The number of rotatable bonds is 7. The lowest BCUT2D eigenvalue weighted by Crippen LogP contribution is -2.17. The van der Waals surface area contributed by atoms with Crippen LogP contribution in [0, 0.1) is 0 Å². The molecule has 0 fully saturated rings. The van der Waals surface area contributed by atoms with Crippen LogP contribution in [0.4, 0.5) is 13.2 Å². The normalized spacial score (nSPS) is 13.3. The molecule has 6 heteroatoms. The largest absolute Gasteiger partial charge is 0.573 e. The Morgan fingerprint density at radius 2 is 2.05 bits per heavy atom. The third-order valence-corrected chi connectivity index (χ3v) is 2.45. The maximum absolute atomic E-state index is 12.1. The van der Waals surface area contributed by atoms with Gasteiger partial charge in [-0.05, 0) is 37.5 Å². The summed E-state index contributed by atoms with van der Waals surface area (Å²) in [4.78, 5) is 0. The number of aliphatic hydroxyl groups excluding tert-OH is 1. The molecule has 0 amide bonds. The maximum Gasteiger partial charge on any atom is 0.573 e. The molecule has 1 unspecified atom stereocenters. The predicted molar refractivity (Wildman–Crippen MR) is 63.8 cm³/mol. The molecule has 3 nitrogen and oxygen atoms in total. The SMILES string of the molecule is CCOCCCC(O)c1cccc(OC(F)(F)F)c1. The van der Waals surface area contributed by atoms with E-state index in [1.807, 2.05) is 6.92 Å². The summed E-state index contributed by atoms with van der Waals surface area (Å²) in [5.41, 5.74) is 0.401. The summed E-state index contributed by atoms with van der Waals surface area (Å²) in [5.74, 6) is -0.325. The summed E-state index contributed by atoms with van der Waals surface area (Å²) < 4.78 is 45.1. The van der Waals surface area contributed by atoms with E-state index in [0.717, 1.165) is 0 Å². The number of alkyl halides is 3. The monoisotopic (exact) mass is 278 g/mol. The average Bonchev–Trinajstić information content (AvgIpc) is 2.32. The Morgan fingerprint density at radius 3 is 2.68 bits per heavy atom. The van der Waals surface area contributed by atoms with Gasteiger partial charge in [0.25, 0.3) is 0 Å². The summed E-state index contributed by atoms with van der Waals surface area (Å²) in [6.45, 7) is 2.99. The highest BCUT2D eigenvalue weighted by Crippen LogP contribution is 2.26. The fourth-order valence-electron chi connectivity index (χ4n) is 1.61. The third-order valence-electron chi connectivity index (χ3n) is 2.45. The molecule has 1 rings (SSSR count). The summed E-state index contributed by atoms with van der Waals surface area (Å²) in [7, 11) is 0. The Kier molecular flexibility index (Phi) is 6.11. The van der Waals surface area contributed by atoms with Crippen LogP contribution in [0.5, 0.6) is 5.75 Å². The molecule has 0 aliphatic heterocycles. The van der Waals surface area contributed by atoms with Crippen LogP contribution < -0.4 is 4.74 Å². The zero-order valence-corrected chi connectivity index (χ0v) is 10.6. The van der Waals surface area contributed by atoms with Gasteiger partial charge in [-0.2, -0.15) is 0 Å². The van der Waals surface area contributed by atoms with Crippen LogP contribution in [0.15, 0.2) is 24.3 Å². The van der Waals surface area contributed by atoms with Crippen molar-refractivity contribution < 1.29 is 27.8 Å². The van der Waals surface area contributed by atoms with Crippen molar-refractivity contribution in [3.05, 3.63) is 29.8 Å². The highest BCUT2D eigenvalue weighted by atomic mass is 19.4. The van der Waals surface area contributed by atoms with Gasteiger partial charge in [-0.15, -0.1) is 13.2 Å². The van der Waals surface area contributed by atoms with E-state index in [9.17, 15) is 18.3 Å². The Labute approximate surface area is 110 Å². The number of hydrogen-bond acceptors (Lipinski definition) is 3. The second-order valence-electron chi connectivity index (χ2n) is 3.98. The number of benzene rings is 1. The van der Waals surface area contributed by atoms with E-state index in [0.29, 0.717) is 31.6 Å². The molecule has 1 N–H and O–H groups in total. The Balaban J connectivity index is 2.55. The van der Waals surface area contributed by atoms with Gasteiger partial charge in [-0.3, -0.25) is 0 Å². The first kappa shape index (κ1) is 15.8. The minimum Gasteiger partial charge on any atom is -0.406 e. The average molecular weight is 278 g/mol. The molecule has 1 aromatic rings. The van der Waals surface area contributed by atoms with Crippen molar-refractivity contribution in [1.82, 2.24) is 0 Å². The molecule has 0 spiro atoms. The van der Waals surface area contributed by atoms with E-state index in [2.05, 4.69) is 4.74 Å². The molecule has 0 saturated heterocycles. The first-order valence-electron chi connectivity index (χ1n) is 6.04. The first-order valence-corrected chi connectivity index (χ1v) is 6.04. The van der Waals surface area contributed by atoms with Crippen molar-refractivity contribution in [2.75, 3.05) is 13.2 Å². The summed E-state index contributed by atoms with van der Waals surface area (Å²) >= 11 is 0. The molecular weight excluding hydrogens is 261 g/mol. The number of aliphatic hydroxyl groups is 1. The smallest absolute Gasteiger partial charge is 0.406 e. The van der Waals surface area contributed by atoms with E-state index in [4.69, 9.17) is 4.74 Å². The van der Waals surface area contributed by atoms with E-state index < -0.39 is 12.5 Å². The fourth-order valence-corrected chi connectivity index (χ4v) is 1.61. The van der Waals surface area contributed by atoms with Crippen LogP contribution in [0.1, 0.15) is 31.4 Å². The highest BCUT2D eigenvalue weighted by Gasteiger charge is 2.31. The van der Waals surface area contributed by atoms with Gasteiger partial charge in [0.2, 0.25) is 0 Å². The van der Waals surface area contributed by atoms with Crippen molar-refractivity contribution >= 4 is 0 Å². The molecule has 0 heterocycles. The lowest BCUT2D eigenvalue weighted by atomic mass is 10.1. The van der Waals surface area contributed by atoms with Crippen molar-refractivity contribution in [3.8, 4) is 5.75 Å². The summed E-state index contributed by atoms with van der Waals surface area (Å²) in [5, 5.41) is 9.85. The van der Waals surface area contributed by atoms with Gasteiger partial charge < -0.3 is 14.6 Å². The van der Waals surface area contributed by atoms with Crippen molar-refractivity contribution in [2.45, 2.75) is 32.2 Å². The van der Waals surface area contributed by atoms with Crippen molar-refractivity contribution in [3.63, 3.8) is 0 Å².